The number of anilines is 1. The number of rotatable bonds is 2. The van der Waals surface area contributed by atoms with E-state index in [0.717, 1.165) is 5.69 Å². The summed E-state index contributed by atoms with van der Waals surface area (Å²) >= 11 is 0. The van der Waals surface area contributed by atoms with Gasteiger partial charge < -0.3 is 10.0 Å². The van der Waals surface area contributed by atoms with Gasteiger partial charge in [-0.15, -0.1) is 0 Å². The molecule has 1 saturated heterocycles. The Morgan fingerprint density at radius 2 is 2.10 bits per heavy atom. The Morgan fingerprint density at radius 1 is 1.35 bits per heavy atom. The van der Waals surface area contributed by atoms with Crippen LogP contribution < -0.4 is 4.90 Å². The topological polar surface area (TPSA) is 90.1 Å². The standard InChI is InChI=1S/C14H12N4O2/c15-7-9-1-2-11(13-12(9)16-4-5-17-13)18-6-3-10(8-18)14(19)20/h1-2,4-5,10H,3,6,8H2,(H,19,20). The van der Waals surface area contributed by atoms with Gasteiger partial charge in [-0.05, 0) is 18.6 Å². The van der Waals surface area contributed by atoms with Crippen molar-refractivity contribution in [3.8, 4) is 6.07 Å². The van der Waals surface area contributed by atoms with Crippen molar-refractivity contribution in [1.29, 1.82) is 5.26 Å². The minimum atomic E-state index is -0.767. The summed E-state index contributed by atoms with van der Waals surface area (Å²) in [5, 5.41) is 18.2. The van der Waals surface area contributed by atoms with Crippen LogP contribution in [-0.4, -0.2) is 34.1 Å². The molecule has 6 nitrogen and oxygen atoms in total. The van der Waals surface area contributed by atoms with Crippen LogP contribution in [0.2, 0.25) is 0 Å². The summed E-state index contributed by atoms with van der Waals surface area (Å²) in [6.07, 6.45) is 3.76. The Balaban J connectivity index is 2.06. The number of nitriles is 1. The minimum absolute atomic E-state index is 0.350. The van der Waals surface area contributed by atoms with E-state index in [1.54, 1.807) is 18.5 Å². The predicted octanol–water partition coefficient (Wildman–Crippen LogP) is 1.41. The fourth-order valence-corrected chi connectivity index (χ4v) is 2.57. The molecule has 1 aromatic carbocycles. The van der Waals surface area contributed by atoms with Gasteiger partial charge in [0.2, 0.25) is 0 Å². The largest absolute Gasteiger partial charge is 0.481 e. The molecule has 1 aliphatic rings. The molecule has 100 valence electrons. The van der Waals surface area contributed by atoms with E-state index < -0.39 is 5.97 Å². The van der Waals surface area contributed by atoms with E-state index >= 15 is 0 Å². The third-order valence-corrected chi connectivity index (χ3v) is 3.60. The van der Waals surface area contributed by atoms with Crippen LogP contribution >= 0.6 is 0 Å². The van der Waals surface area contributed by atoms with Gasteiger partial charge in [0.25, 0.3) is 0 Å². The normalized spacial score (nSPS) is 18.1. The van der Waals surface area contributed by atoms with Crippen LogP contribution in [-0.2, 0) is 4.79 Å². The predicted molar refractivity (Wildman–Crippen MR) is 72.2 cm³/mol. The summed E-state index contributed by atoms with van der Waals surface area (Å²) in [5.41, 5.74) is 2.53. The first-order chi connectivity index (χ1) is 9.70. The third kappa shape index (κ3) is 1.93. The lowest BCUT2D eigenvalue weighted by molar-refractivity contribution is -0.140. The van der Waals surface area contributed by atoms with Crippen molar-refractivity contribution in [1.82, 2.24) is 9.97 Å². The smallest absolute Gasteiger partial charge is 0.308 e. The Hall–Kier alpha value is -2.68. The van der Waals surface area contributed by atoms with Crippen LogP contribution in [0.15, 0.2) is 24.5 Å². The van der Waals surface area contributed by atoms with Gasteiger partial charge in [0, 0.05) is 25.5 Å². The van der Waals surface area contributed by atoms with E-state index in [4.69, 9.17) is 10.4 Å². The monoisotopic (exact) mass is 268 g/mol. The van der Waals surface area contributed by atoms with Gasteiger partial charge in [0.1, 0.15) is 17.1 Å². The molecule has 0 spiro atoms. The van der Waals surface area contributed by atoms with E-state index in [1.807, 2.05) is 11.0 Å². The SMILES string of the molecule is N#Cc1ccc(N2CCC(C(=O)O)C2)c2nccnc12. The maximum Gasteiger partial charge on any atom is 0.308 e. The molecule has 1 N–H and O–H groups in total. The number of hydrogen-bond acceptors (Lipinski definition) is 5. The number of carboxylic acids is 1. The Labute approximate surface area is 115 Å². The molecular weight excluding hydrogens is 256 g/mol. The van der Waals surface area contributed by atoms with Crippen molar-refractivity contribution in [3.05, 3.63) is 30.1 Å². The highest BCUT2D eigenvalue weighted by atomic mass is 16.4. The van der Waals surface area contributed by atoms with Crippen LogP contribution in [0, 0.1) is 17.2 Å². The van der Waals surface area contributed by atoms with Gasteiger partial charge in [-0.25, -0.2) is 0 Å². The van der Waals surface area contributed by atoms with E-state index in [0.29, 0.717) is 36.1 Å². The van der Waals surface area contributed by atoms with Crippen molar-refractivity contribution in [2.24, 2.45) is 5.92 Å². The molecule has 1 fully saturated rings. The molecule has 1 aliphatic heterocycles. The third-order valence-electron chi connectivity index (χ3n) is 3.60. The van der Waals surface area contributed by atoms with Gasteiger partial charge in [0.15, 0.2) is 0 Å². The quantitative estimate of drug-likeness (QED) is 0.885. The van der Waals surface area contributed by atoms with E-state index in [9.17, 15) is 4.79 Å². The van der Waals surface area contributed by atoms with Crippen molar-refractivity contribution in [2.45, 2.75) is 6.42 Å². The zero-order chi connectivity index (χ0) is 14.1. The Kier molecular flexibility index (Phi) is 2.95. The molecule has 2 aromatic rings. The fourth-order valence-electron chi connectivity index (χ4n) is 2.57. The molecule has 3 rings (SSSR count). The summed E-state index contributed by atoms with van der Waals surface area (Å²) in [5.74, 6) is -1.12. The number of carboxylic acid groups (broad SMARTS) is 1. The van der Waals surface area contributed by atoms with Gasteiger partial charge in [0.05, 0.1) is 17.2 Å². The maximum absolute atomic E-state index is 11.0. The Bertz CT molecular complexity index is 723. The molecule has 1 unspecified atom stereocenters. The van der Waals surface area contributed by atoms with Crippen LogP contribution in [0.1, 0.15) is 12.0 Å². The number of benzene rings is 1. The zero-order valence-corrected chi connectivity index (χ0v) is 10.7. The van der Waals surface area contributed by atoms with Crippen molar-refractivity contribution >= 4 is 22.7 Å². The number of hydrogen-bond donors (Lipinski definition) is 1. The summed E-state index contributed by atoms with van der Waals surface area (Å²) in [6, 6.07) is 5.63. The summed E-state index contributed by atoms with van der Waals surface area (Å²) in [6.45, 7) is 1.14. The van der Waals surface area contributed by atoms with Crippen LogP contribution in [0.25, 0.3) is 11.0 Å². The summed E-state index contributed by atoms with van der Waals surface area (Å²) < 4.78 is 0. The first-order valence-electron chi connectivity index (χ1n) is 6.32. The van der Waals surface area contributed by atoms with E-state index in [2.05, 4.69) is 16.0 Å². The van der Waals surface area contributed by atoms with Gasteiger partial charge >= 0.3 is 5.97 Å². The minimum Gasteiger partial charge on any atom is -0.481 e. The van der Waals surface area contributed by atoms with Crippen LogP contribution in [0.3, 0.4) is 0 Å². The summed E-state index contributed by atoms with van der Waals surface area (Å²) in [7, 11) is 0. The second-order valence-corrected chi connectivity index (χ2v) is 4.77. The van der Waals surface area contributed by atoms with E-state index in [1.165, 1.54) is 0 Å². The van der Waals surface area contributed by atoms with Gasteiger partial charge in [-0.3, -0.25) is 14.8 Å². The molecule has 0 amide bonds. The lowest BCUT2D eigenvalue weighted by Crippen LogP contribution is -2.23. The second-order valence-electron chi connectivity index (χ2n) is 4.77. The highest BCUT2D eigenvalue weighted by Gasteiger charge is 2.29. The average molecular weight is 268 g/mol. The molecule has 0 saturated carbocycles. The highest BCUT2D eigenvalue weighted by Crippen LogP contribution is 2.30. The number of fused-ring (bicyclic) bond motifs is 1. The molecule has 0 aliphatic carbocycles. The molecule has 1 aromatic heterocycles. The molecule has 1 atom stereocenters. The average Bonchev–Trinajstić information content (AvgIpc) is 2.96. The number of aromatic nitrogens is 2. The lowest BCUT2D eigenvalue weighted by Gasteiger charge is -2.19. The molecule has 6 heteroatoms. The molecule has 0 bridgehead atoms. The summed E-state index contributed by atoms with van der Waals surface area (Å²) in [4.78, 5) is 21.6. The first kappa shape index (κ1) is 12.4. The number of aliphatic carboxylic acids is 1. The Morgan fingerprint density at radius 3 is 2.75 bits per heavy atom. The first-order valence-corrected chi connectivity index (χ1v) is 6.32. The van der Waals surface area contributed by atoms with Gasteiger partial charge in [-0.2, -0.15) is 5.26 Å². The van der Waals surface area contributed by atoms with Crippen molar-refractivity contribution in [2.75, 3.05) is 18.0 Å². The van der Waals surface area contributed by atoms with Crippen LogP contribution in [0.4, 0.5) is 5.69 Å². The lowest BCUT2D eigenvalue weighted by atomic mass is 10.1. The zero-order valence-electron chi connectivity index (χ0n) is 10.7. The number of nitrogens with zero attached hydrogens (tertiary/aromatic N) is 4. The molecule has 2 heterocycles. The van der Waals surface area contributed by atoms with Crippen molar-refractivity contribution in [3.63, 3.8) is 0 Å². The van der Waals surface area contributed by atoms with Crippen molar-refractivity contribution < 1.29 is 9.90 Å². The van der Waals surface area contributed by atoms with Gasteiger partial charge in [-0.1, -0.05) is 0 Å². The number of carbonyl (C=O) groups is 1. The fraction of sp³-hybridized carbons (Fsp3) is 0.286. The molecule has 20 heavy (non-hydrogen) atoms. The highest BCUT2D eigenvalue weighted by molar-refractivity contribution is 5.92. The van der Waals surface area contributed by atoms with Crippen LogP contribution in [0.5, 0.6) is 0 Å². The second kappa shape index (κ2) is 4.78. The van der Waals surface area contributed by atoms with E-state index in [-0.39, 0.29) is 5.92 Å². The molecular formula is C14H12N4O2. The maximum atomic E-state index is 11.0. The molecule has 0 radical (unpaired) electrons.